The Labute approximate surface area is 279 Å². The summed E-state index contributed by atoms with van der Waals surface area (Å²) < 4.78 is 113. The van der Waals surface area contributed by atoms with Gasteiger partial charge in [-0.3, -0.25) is 14.6 Å². The van der Waals surface area contributed by atoms with Crippen LogP contribution in [0, 0.1) is 18.6 Å². The predicted molar refractivity (Wildman–Crippen MR) is 169 cm³/mol. The van der Waals surface area contributed by atoms with E-state index in [0.717, 1.165) is 16.7 Å². The number of nitrogens with zero attached hydrogens (tertiary/aromatic N) is 3. The second-order valence-corrected chi connectivity index (χ2v) is 11.7. The number of halogens is 8. The van der Waals surface area contributed by atoms with Crippen LogP contribution in [0.2, 0.25) is 0 Å². The number of aryl methyl sites for hydroxylation is 1. The number of benzene rings is 2. The first-order chi connectivity index (χ1) is 23.1. The Morgan fingerprint density at radius 3 is 2.16 bits per heavy atom. The number of hydrogen-bond donors (Lipinski definition) is 3. The number of carboxylic acid groups (broad SMARTS) is 1. The molecule has 0 radical (unpaired) electrons. The van der Waals surface area contributed by atoms with E-state index < -0.39 is 88.7 Å². The first-order valence-electron chi connectivity index (χ1n) is 14.9. The summed E-state index contributed by atoms with van der Waals surface area (Å²) in [6.45, 7) is 2.53. The highest BCUT2D eigenvalue weighted by molar-refractivity contribution is 5.99. The fraction of sp³-hybridized carbons (Fsp3) is 0.333. The van der Waals surface area contributed by atoms with Crippen molar-refractivity contribution in [3.05, 3.63) is 87.0 Å². The van der Waals surface area contributed by atoms with Gasteiger partial charge in [0.05, 0.1) is 28.5 Å². The van der Waals surface area contributed by atoms with Crippen molar-refractivity contribution in [2.45, 2.75) is 51.1 Å². The fourth-order valence-corrected chi connectivity index (χ4v) is 5.34. The summed E-state index contributed by atoms with van der Waals surface area (Å²) >= 11 is 0. The number of aliphatic carboxylic acids is 1. The number of carbonyl (C=O) groups excluding carboxylic acids is 1. The van der Waals surface area contributed by atoms with Gasteiger partial charge in [-0.1, -0.05) is 19.1 Å². The third-order valence-corrected chi connectivity index (χ3v) is 8.13. The highest BCUT2D eigenvalue weighted by Gasteiger charge is 2.39. The molecule has 0 saturated carbocycles. The van der Waals surface area contributed by atoms with E-state index in [2.05, 4.69) is 4.98 Å². The Morgan fingerprint density at radius 1 is 1.02 bits per heavy atom. The molecule has 268 valence electrons. The Bertz CT molecular complexity index is 2000. The van der Waals surface area contributed by atoms with Gasteiger partial charge in [-0.2, -0.15) is 26.3 Å². The summed E-state index contributed by atoms with van der Waals surface area (Å²) in [5.74, 6) is -6.33. The van der Waals surface area contributed by atoms with Gasteiger partial charge in [-0.05, 0) is 43.2 Å². The summed E-state index contributed by atoms with van der Waals surface area (Å²) in [6.07, 6.45) is -9.38. The third kappa shape index (κ3) is 7.65. The lowest BCUT2D eigenvalue weighted by Gasteiger charge is -2.22. The number of anilines is 2. The second-order valence-electron chi connectivity index (χ2n) is 11.7. The first-order valence-corrected chi connectivity index (χ1v) is 14.9. The molecular formula is C33H31F8N5O4. The fourth-order valence-electron chi connectivity index (χ4n) is 5.34. The Kier molecular flexibility index (Phi) is 10.5. The van der Waals surface area contributed by atoms with Crippen LogP contribution in [0.3, 0.4) is 0 Å². The molecule has 0 aliphatic rings. The van der Waals surface area contributed by atoms with E-state index in [1.165, 1.54) is 39.2 Å². The number of alkyl halides is 6. The van der Waals surface area contributed by atoms with Gasteiger partial charge in [0.1, 0.15) is 29.3 Å². The van der Waals surface area contributed by atoms with Crippen molar-refractivity contribution in [3.8, 4) is 11.1 Å². The standard InChI is InChI=1S/C33H31F8N5O4/c1-6-25(33(39,40)41)43-17-11-22(34)27(23(35)12-17)29(47)44-24(31(49)50)10-16-7-8-19(28-20(16)13-18(14-42-28)45(3)4)26-21(32(36,37)38)9-15(2)46(5)30(26)48/h7-9,11-14,24-25,43H,6,10H2,1-5H3,(H,44,47)(H,49,50). The van der Waals surface area contributed by atoms with Gasteiger partial charge < -0.3 is 25.2 Å². The molecule has 2 unspecified atom stereocenters. The number of carbonyl (C=O) groups is 2. The van der Waals surface area contributed by atoms with Gasteiger partial charge >= 0.3 is 18.3 Å². The van der Waals surface area contributed by atoms with Gasteiger partial charge in [0, 0.05) is 49.9 Å². The summed E-state index contributed by atoms with van der Waals surface area (Å²) in [7, 11) is 4.58. The van der Waals surface area contributed by atoms with Crippen LogP contribution in [0.25, 0.3) is 22.0 Å². The molecule has 0 fully saturated rings. The maximum absolute atomic E-state index is 14.9. The number of aromatic nitrogens is 2. The summed E-state index contributed by atoms with van der Waals surface area (Å²) in [6, 6.07) is 1.65. The molecule has 2 atom stereocenters. The smallest absolute Gasteiger partial charge is 0.417 e. The second kappa shape index (κ2) is 14.0. The average Bonchev–Trinajstić information content (AvgIpc) is 3.00. The maximum Gasteiger partial charge on any atom is 0.417 e. The van der Waals surface area contributed by atoms with Crippen molar-refractivity contribution in [3.63, 3.8) is 0 Å². The zero-order chi connectivity index (χ0) is 37.5. The minimum absolute atomic E-state index is 0.0418. The van der Waals surface area contributed by atoms with E-state index in [-0.39, 0.29) is 27.7 Å². The number of rotatable bonds is 10. The van der Waals surface area contributed by atoms with E-state index >= 15 is 0 Å². The SMILES string of the molecule is CCC(Nc1cc(F)c(C(=O)NC(Cc2ccc(-c3c(C(F)(F)F)cc(C)n(C)c3=O)c3ncc(N(C)C)cc23)C(=O)O)c(F)c1)C(F)(F)F. The number of pyridine rings is 2. The van der Waals surface area contributed by atoms with Crippen LogP contribution in [-0.2, 0) is 24.4 Å². The molecule has 2 aromatic carbocycles. The third-order valence-electron chi connectivity index (χ3n) is 8.13. The zero-order valence-corrected chi connectivity index (χ0v) is 27.1. The normalized spacial score (nSPS) is 13.2. The summed E-state index contributed by atoms with van der Waals surface area (Å²) in [5, 5.41) is 14.0. The molecule has 50 heavy (non-hydrogen) atoms. The van der Waals surface area contributed by atoms with Crippen LogP contribution in [-0.4, -0.2) is 58.9 Å². The molecule has 1 amide bonds. The Balaban J connectivity index is 1.78. The van der Waals surface area contributed by atoms with Crippen molar-refractivity contribution in [1.29, 1.82) is 0 Å². The zero-order valence-electron chi connectivity index (χ0n) is 27.1. The van der Waals surface area contributed by atoms with Crippen LogP contribution in [0.15, 0.2) is 47.4 Å². The molecule has 0 aliphatic heterocycles. The van der Waals surface area contributed by atoms with Crippen molar-refractivity contribution >= 4 is 34.2 Å². The Hall–Kier alpha value is -5.22. The van der Waals surface area contributed by atoms with Gasteiger partial charge in [0.2, 0.25) is 0 Å². The molecule has 17 heteroatoms. The molecule has 9 nitrogen and oxygen atoms in total. The first kappa shape index (κ1) is 37.6. The largest absolute Gasteiger partial charge is 0.480 e. The highest BCUT2D eigenvalue weighted by Crippen LogP contribution is 2.39. The van der Waals surface area contributed by atoms with Gasteiger partial charge in [0.25, 0.3) is 11.5 Å². The number of fused-ring (bicyclic) bond motifs is 1. The molecule has 4 rings (SSSR count). The molecule has 3 N–H and O–H groups in total. The van der Waals surface area contributed by atoms with Gasteiger partial charge in [-0.15, -0.1) is 0 Å². The van der Waals surface area contributed by atoms with Gasteiger partial charge in [-0.25, -0.2) is 13.6 Å². The molecule has 2 heterocycles. The van der Waals surface area contributed by atoms with Crippen molar-refractivity contribution in [2.24, 2.45) is 7.05 Å². The molecular weight excluding hydrogens is 682 g/mol. The number of carboxylic acids is 1. The summed E-state index contributed by atoms with van der Waals surface area (Å²) in [4.78, 5) is 44.5. The van der Waals surface area contributed by atoms with E-state index in [0.29, 0.717) is 17.8 Å². The number of nitrogens with one attached hydrogen (secondary N) is 2. The lowest BCUT2D eigenvalue weighted by atomic mass is 9.93. The monoisotopic (exact) mass is 713 g/mol. The van der Waals surface area contributed by atoms with E-state index in [4.69, 9.17) is 0 Å². The van der Waals surface area contributed by atoms with E-state index in [1.54, 1.807) is 19.0 Å². The maximum atomic E-state index is 14.9. The lowest BCUT2D eigenvalue weighted by Crippen LogP contribution is -2.43. The van der Waals surface area contributed by atoms with Crippen molar-refractivity contribution in [1.82, 2.24) is 14.9 Å². The van der Waals surface area contributed by atoms with E-state index in [1.807, 2.05) is 10.6 Å². The Morgan fingerprint density at radius 2 is 1.64 bits per heavy atom. The van der Waals surface area contributed by atoms with Crippen molar-refractivity contribution in [2.75, 3.05) is 24.3 Å². The predicted octanol–water partition coefficient (Wildman–Crippen LogP) is 6.45. The lowest BCUT2D eigenvalue weighted by molar-refractivity contribution is -0.143. The molecule has 0 aliphatic carbocycles. The minimum Gasteiger partial charge on any atom is -0.480 e. The van der Waals surface area contributed by atoms with Crippen LogP contribution in [0.5, 0.6) is 0 Å². The molecule has 4 aromatic rings. The molecule has 0 spiro atoms. The minimum atomic E-state index is -4.93. The van der Waals surface area contributed by atoms with Crippen LogP contribution < -0.4 is 21.1 Å². The summed E-state index contributed by atoms with van der Waals surface area (Å²) in [5.41, 5.74) is -4.43. The van der Waals surface area contributed by atoms with Crippen LogP contribution in [0.1, 0.15) is 40.5 Å². The number of amides is 1. The van der Waals surface area contributed by atoms with Crippen molar-refractivity contribution < 1.29 is 49.8 Å². The van der Waals surface area contributed by atoms with Crippen LogP contribution in [0.4, 0.5) is 46.5 Å². The molecule has 0 saturated heterocycles. The molecule has 0 bridgehead atoms. The molecule has 2 aromatic heterocycles. The number of hydrogen-bond acceptors (Lipinski definition) is 6. The highest BCUT2D eigenvalue weighted by atomic mass is 19.4. The van der Waals surface area contributed by atoms with E-state index in [9.17, 15) is 54.6 Å². The van der Waals surface area contributed by atoms with Crippen LogP contribution >= 0.6 is 0 Å². The average molecular weight is 714 g/mol. The van der Waals surface area contributed by atoms with Gasteiger partial charge in [0.15, 0.2) is 0 Å². The topological polar surface area (TPSA) is 117 Å². The quantitative estimate of drug-likeness (QED) is 0.162.